The molecule has 2 aliphatic heterocycles. The van der Waals surface area contributed by atoms with E-state index < -0.39 is 0 Å². The summed E-state index contributed by atoms with van der Waals surface area (Å²) in [5, 5.41) is 3.98. The van der Waals surface area contributed by atoms with E-state index in [2.05, 4.69) is 117 Å². The second-order valence-corrected chi connectivity index (χ2v) is 17.6. The van der Waals surface area contributed by atoms with Gasteiger partial charge in [-0.15, -0.1) is 11.3 Å². The number of H-pyrrole nitrogens is 2. The van der Waals surface area contributed by atoms with Crippen LogP contribution >= 0.6 is 11.3 Å². The van der Waals surface area contributed by atoms with Gasteiger partial charge in [-0.3, -0.25) is 9.97 Å². The average molecular weight is 837 g/mol. The van der Waals surface area contributed by atoms with Crippen LogP contribution in [0.15, 0.2) is 120 Å². The van der Waals surface area contributed by atoms with Crippen molar-refractivity contribution in [3.8, 4) is 11.1 Å². The zero-order valence-corrected chi connectivity index (χ0v) is 37.3. The topological polar surface area (TPSA) is 83.1 Å². The Balaban J connectivity index is 0.000000143. The molecule has 2 aromatic carbocycles. The van der Waals surface area contributed by atoms with E-state index in [-0.39, 0.29) is 5.41 Å². The minimum absolute atomic E-state index is 0.253. The molecule has 8 bridgehead atoms. The lowest BCUT2D eigenvalue weighted by Crippen LogP contribution is -2.25. The first-order chi connectivity index (χ1) is 30.6. The van der Waals surface area contributed by atoms with Gasteiger partial charge in [0, 0.05) is 50.6 Å². The number of fused-ring (bicyclic) bond motifs is 12. The summed E-state index contributed by atoms with van der Waals surface area (Å²) in [5.74, 6) is 0. The van der Waals surface area contributed by atoms with Crippen LogP contribution < -0.4 is 0 Å². The largest absolute Gasteiger partial charge is 0.355 e. The Bertz CT molecular complexity index is 2500. The van der Waals surface area contributed by atoms with E-state index in [4.69, 9.17) is 0 Å². The molecule has 7 aromatic rings. The number of hydrogen-bond donors (Lipinski definition) is 2. The molecule has 0 saturated heterocycles. The summed E-state index contributed by atoms with van der Waals surface area (Å²) in [7, 11) is 0. The summed E-state index contributed by atoms with van der Waals surface area (Å²) in [6, 6.07) is 34.9. The molecule has 1 aliphatic carbocycles. The Morgan fingerprint density at radius 3 is 1.23 bits per heavy atom. The van der Waals surface area contributed by atoms with Gasteiger partial charge in [-0.2, -0.15) is 0 Å². The molecule has 2 N–H and O–H groups in total. The van der Waals surface area contributed by atoms with Crippen LogP contribution in [0.25, 0.3) is 68.5 Å². The Kier molecular flexibility index (Phi) is 14.7. The maximum atomic E-state index is 4.63. The second kappa shape index (κ2) is 21.2. The fourth-order valence-electron chi connectivity index (χ4n) is 9.14. The van der Waals surface area contributed by atoms with E-state index in [1.54, 1.807) is 34.9 Å². The number of nitrogens with one attached hydrogen (secondary N) is 2. The third kappa shape index (κ3) is 10.7. The minimum atomic E-state index is 0.253. The van der Waals surface area contributed by atoms with Crippen LogP contribution in [-0.4, -0.2) is 29.9 Å². The number of hydrogen-bond acceptors (Lipinski definition) is 5. The van der Waals surface area contributed by atoms with Gasteiger partial charge in [0.05, 0.1) is 33.8 Å². The van der Waals surface area contributed by atoms with Crippen LogP contribution in [0.3, 0.4) is 0 Å². The molecule has 0 atom stereocenters. The Morgan fingerprint density at radius 2 is 0.823 bits per heavy atom. The van der Waals surface area contributed by atoms with E-state index >= 15 is 0 Å². The molecule has 0 radical (unpaired) electrons. The first-order valence-corrected chi connectivity index (χ1v) is 23.9. The minimum Gasteiger partial charge on any atom is -0.355 e. The molecule has 62 heavy (non-hydrogen) atoms. The maximum absolute atomic E-state index is 4.63. The predicted octanol–water partition coefficient (Wildman–Crippen LogP) is 15.8. The molecule has 0 saturated carbocycles. The summed E-state index contributed by atoms with van der Waals surface area (Å²) in [4.78, 5) is 24.2. The summed E-state index contributed by atoms with van der Waals surface area (Å²) in [5.41, 5.74) is 16.3. The van der Waals surface area contributed by atoms with Crippen LogP contribution in [0, 0.1) is 0 Å². The highest BCUT2D eigenvalue weighted by Crippen LogP contribution is 2.54. The number of benzene rings is 2. The van der Waals surface area contributed by atoms with Crippen molar-refractivity contribution in [1.82, 2.24) is 29.9 Å². The summed E-state index contributed by atoms with van der Waals surface area (Å²) in [6.45, 7) is 4.61. The van der Waals surface area contributed by atoms with Gasteiger partial charge in [-0.1, -0.05) is 139 Å². The van der Waals surface area contributed by atoms with Gasteiger partial charge in [0.15, 0.2) is 0 Å². The lowest BCUT2D eigenvalue weighted by Gasteiger charge is -2.33. The first-order valence-electron chi connectivity index (χ1n) is 23.0. The predicted molar refractivity (Wildman–Crippen MR) is 265 cm³/mol. The van der Waals surface area contributed by atoms with Crippen LogP contribution in [-0.2, 0) is 5.41 Å². The highest BCUT2D eigenvalue weighted by atomic mass is 32.1. The van der Waals surface area contributed by atoms with Crippen molar-refractivity contribution in [2.75, 3.05) is 0 Å². The number of rotatable bonds is 14. The number of aromatic nitrogens is 6. The van der Waals surface area contributed by atoms with Crippen molar-refractivity contribution in [3.63, 3.8) is 0 Å². The van der Waals surface area contributed by atoms with Gasteiger partial charge < -0.3 is 9.97 Å². The average Bonchev–Trinajstić information content (AvgIpc) is 4.18. The summed E-state index contributed by atoms with van der Waals surface area (Å²) in [6.07, 6.45) is 30.8. The maximum Gasteiger partial charge on any atom is 0.0993 e. The van der Waals surface area contributed by atoms with Crippen molar-refractivity contribution in [1.29, 1.82) is 0 Å². The SMILES string of the molecule is C1=Cc2cc3ccc(cc4nc(cc5ccc(cc1n2)[nH]5)C=C4)[nH]3.CCCCCCCCC1(CCCCCCCC)c2ccccc2-c2ccccc21.c1cnc2cscc2n1. The number of thiophene rings is 1. The third-order valence-electron chi connectivity index (χ3n) is 12.2. The monoisotopic (exact) mass is 836 g/mol. The van der Waals surface area contributed by atoms with Crippen molar-refractivity contribution >= 4 is 68.7 Å². The van der Waals surface area contributed by atoms with Crippen LogP contribution in [0.4, 0.5) is 0 Å². The van der Waals surface area contributed by atoms with Gasteiger partial charge in [-0.05, 0) is 108 Å². The van der Waals surface area contributed by atoms with Gasteiger partial charge in [-0.25, -0.2) is 9.97 Å². The van der Waals surface area contributed by atoms with Crippen molar-refractivity contribution in [2.24, 2.45) is 0 Å². The van der Waals surface area contributed by atoms with Crippen LogP contribution in [0.1, 0.15) is 138 Å². The fraction of sp³-hybridized carbons (Fsp3) is 0.309. The lowest BCUT2D eigenvalue weighted by molar-refractivity contribution is 0.398. The van der Waals surface area contributed by atoms with Gasteiger partial charge in [0.25, 0.3) is 0 Å². The first kappa shape index (κ1) is 42.8. The molecule has 316 valence electrons. The molecule has 0 amide bonds. The normalized spacial score (nSPS) is 12.9. The molecular weight excluding hydrogens is 777 g/mol. The smallest absolute Gasteiger partial charge is 0.0993 e. The zero-order chi connectivity index (χ0) is 42.4. The third-order valence-corrected chi connectivity index (χ3v) is 13.0. The quantitative estimate of drug-likeness (QED) is 0.107. The fourth-order valence-corrected chi connectivity index (χ4v) is 9.83. The molecule has 0 unspecified atom stereocenters. The van der Waals surface area contributed by atoms with E-state index in [0.29, 0.717) is 0 Å². The molecule has 0 spiro atoms. The van der Waals surface area contributed by atoms with E-state index in [1.807, 2.05) is 59.3 Å². The molecule has 5 aromatic heterocycles. The zero-order valence-electron chi connectivity index (χ0n) is 36.5. The van der Waals surface area contributed by atoms with Gasteiger partial charge in [0.2, 0.25) is 0 Å². The van der Waals surface area contributed by atoms with Crippen molar-refractivity contribution < 1.29 is 0 Å². The number of aromatic amines is 2. The summed E-state index contributed by atoms with van der Waals surface area (Å²) < 4.78 is 0. The molecule has 7 heteroatoms. The molecule has 3 aliphatic rings. The molecule has 7 heterocycles. The highest BCUT2D eigenvalue weighted by Gasteiger charge is 2.41. The van der Waals surface area contributed by atoms with Gasteiger partial charge in [0.1, 0.15) is 0 Å². The highest BCUT2D eigenvalue weighted by molar-refractivity contribution is 7.09. The van der Waals surface area contributed by atoms with E-state index in [0.717, 1.165) is 55.9 Å². The molecular formula is C55H60N6S. The standard InChI is InChI=1S/C29H42.C20H14N4.C6H4N2S/c1-3-5-7-9-11-17-23-29(24-18-12-10-8-6-4-2)27-21-15-13-19-25(27)26-20-14-16-22-28(26)29;1-2-14-10-16-5-6-18(23-16)12-20-8-7-19(24-20)11-17-4-3-15(22-17)9-13(1)21-14;1-2-8-6-4-9-3-5(6)7-1/h13-16,19-22H,3-12,17-18,23-24H2,1-2H3;1-12,21,24H;1-4H. The Hall–Kier alpha value is -5.92. The van der Waals surface area contributed by atoms with Crippen molar-refractivity contribution in [2.45, 2.75) is 109 Å². The molecule has 6 nitrogen and oxygen atoms in total. The lowest BCUT2D eigenvalue weighted by atomic mass is 9.70. The van der Waals surface area contributed by atoms with Crippen LogP contribution in [0.2, 0.25) is 0 Å². The number of unbranched alkanes of at least 4 members (excludes halogenated alkanes) is 10. The molecule has 0 fully saturated rings. The summed E-state index contributed by atoms with van der Waals surface area (Å²) >= 11 is 1.63. The van der Waals surface area contributed by atoms with Crippen molar-refractivity contribution in [3.05, 3.63) is 154 Å². The van der Waals surface area contributed by atoms with Crippen LogP contribution in [0.5, 0.6) is 0 Å². The van der Waals surface area contributed by atoms with Gasteiger partial charge >= 0.3 is 0 Å². The van der Waals surface area contributed by atoms with E-state index in [9.17, 15) is 0 Å². The second-order valence-electron chi connectivity index (χ2n) is 16.8. The molecule has 10 rings (SSSR count). The Labute approximate surface area is 371 Å². The Morgan fingerprint density at radius 1 is 0.452 bits per heavy atom. The number of nitrogens with zero attached hydrogens (tertiary/aromatic N) is 4. The van der Waals surface area contributed by atoms with E-state index in [1.165, 1.54) is 101 Å².